The Morgan fingerprint density at radius 2 is 1.67 bits per heavy atom. The van der Waals surface area contributed by atoms with Crippen molar-refractivity contribution in [2.75, 3.05) is 38.5 Å². The normalized spacial score (nSPS) is 13.3. The molecule has 0 aromatic heterocycles. The summed E-state index contributed by atoms with van der Waals surface area (Å²) in [6.45, 7) is 14.7. The van der Waals surface area contributed by atoms with E-state index in [4.69, 9.17) is 0 Å². The maximum Gasteiger partial charge on any atom is 0.256 e. The van der Waals surface area contributed by atoms with E-state index in [1.807, 2.05) is 44.2 Å². The Hall–Kier alpha value is -3.89. The van der Waals surface area contributed by atoms with E-state index in [-0.39, 0.29) is 17.6 Å². The van der Waals surface area contributed by atoms with Gasteiger partial charge in [0.05, 0.1) is 5.57 Å². The summed E-state index contributed by atoms with van der Waals surface area (Å²) >= 11 is 0. The summed E-state index contributed by atoms with van der Waals surface area (Å²) < 4.78 is 13.8. The van der Waals surface area contributed by atoms with E-state index in [0.29, 0.717) is 36.2 Å². The lowest BCUT2D eigenvalue weighted by Crippen LogP contribution is -2.21. The minimum absolute atomic E-state index is 0.0322. The Morgan fingerprint density at radius 3 is 2.21 bits per heavy atom. The second-order valence-electron chi connectivity index (χ2n) is 8.77. The van der Waals surface area contributed by atoms with Crippen molar-refractivity contribution in [3.05, 3.63) is 71.2 Å². The summed E-state index contributed by atoms with van der Waals surface area (Å²) in [5.41, 5.74) is 5.26. The minimum Gasteiger partial charge on any atom is -0.385 e. The van der Waals surface area contributed by atoms with Gasteiger partial charge in [0.1, 0.15) is 5.82 Å². The first kappa shape index (κ1) is 33.1. The molecular weight excluding hydrogens is 491 g/mol. The number of amides is 2. The topological polar surface area (TPSA) is 73.5 Å². The molecule has 210 valence electrons. The summed E-state index contributed by atoms with van der Waals surface area (Å²) in [6.07, 6.45) is 10.8. The fourth-order valence-electron chi connectivity index (χ4n) is 4.18. The average Bonchev–Trinajstić information content (AvgIpc) is 3.28. The molecule has 0 aliphatic carbocycles. The fraction of sp³-hybridized carbons (Fsp3) is 0.375. The van der Waals surface area contributed by atoms with Crippen molar-refractivity contribution in [2.45, 2.75) is 47.5 Å². The molecular formula is C32H43FN4O2. The lowest BCUT2D eigenvalue weighted by molar-refractivity contribution is -0.120. The number of allylic oxidation sites excluding steroid dienone is 2. The number of halogens is 1. The van der Waals surface area contributed by atoms with Crippen molar-refractivity contribution in [1.29, 1.82) is 0 Å². The Balaban J connectivity index is 0.000000735. The number of nitrogens with one attached hydrogen (secondary N) is 3. The fourth-order valence-corrected chi connectivity index (χ4v) is 4.18. The number of benzene rings is 2. The van der Waals surface area contributed by atoms with Crippen LogP contribution >= 0.6 is 0 Å². The van der Waals surface area contributed by atoms with Crippen LogP contribution < -0.4 is 16.0 Å². The van der Waals surface area contributed by atoms with Crippen LogP contribution in [-0.4, -0.2) is 49.9 Å². The SMILES string of the molecule is C#C.CCN(CC)CC.CCNC(/C=C1\C(=O)Nc2cccc(-c3cccc(F)c3)c21)=C(/C)CCC(=O)NC. The summed E-state index contributed by atoms with van der Waals surface area (Å²) in [6, 6.07) is 11.9. The van der Waals surface area contributed by atoms with Crippen LogP contribution in [0.5, 0.6) is 0 Å². The molecule has 2 aromatic carbocycles. The molecule has 0 radical (unpaired) electrons. The number of carbonyl (C=O) groups is 2. The van der Waals surface area contributed by atoms with Crippen LogP contribution in [0.4, 0.5) is 10.1 Å². The maximum absolute atomic E-state index is 13.8. The van der Waals surface area contributed by atoms with Crippen LogP contribution in [0.2, 0.25) is 0 Å². The van der Waals surface area contributed by atoms with Gasteiger partial charge in [-0.25, -0.2) is 4.39 Å². The second-order valence-corrected chi connectivity index (χ2v) is 8.77. The molecule has 2 aromatic rings. The third-order valence-electron chi connectivity index (χ3n) is 6.43. The van der Waals surface area contributed by atoms with E-state index >= 15 is 0 Å². The zero-order valence-electron chi connectivity index (χ0n) is 24.2. The average molecular weight is 535 g/mol. The zero-order chi connectivity index (χ0) is 29.4. The van der Waals surface area contributed by atoms with Crippen molar-refractivity contribution >= 4 is 23.1 Å². The zero-order valence-corrected chi connectivity index (χ0v) is 24.2. The number of terminal acetylenes is 1. The summed E-state index contributed by atoms with van der Waals surface area (Å²) in [5, 5.41) is 8.83. The van der Waals surface area contributed by atoms with Crippen molar-refractivity contribution in [2.24, 2.45) is 0 Å². The van der Waals surface area contributed by atoms with Crippen molar-refractivity contribution in [3.8, 4) is 24.0 Å². The van der Waals surface area contributed by atoms with Crippen LogP contribution in [0, 0.1) is 18.7 Å². The molecule has 1 aliphatic rings. The van der Waals surface area contributed by atoms with E-state index in [1.54, 1.807) is 13.1 Å². The molecule has 3 rings (SSSR count). The Kier molecular flexibility index (Phi) is 14.9. The van der Waals surface area contributed by atoms with E-state index < -0.39 is 0 Å². The quantitative estimate of drug-likeness (QED) is 0.265. The van der Waals surface area contributed by atoms with Gasteiger partial charge in [-0.2, -0.15) is 0 Å². The molecule has 39 heavy (non-hydrogen) atoms. The Morgan fingerprint density at radius 1 is 1.03 bits per heavy atom. The third kappa shape index (κ3) is 9.73. The maximum atomic E-state index is 13.8. The molecule has 2 amide bonds. The third-order valence-corrected chi connectivity index (χ3v) is 6.43. The molecule has 0 saturated carbocycles. The molecule has 1 heterocycles. The Labute approximate surface area is 233 Å². The van der Waals surface area contributed by atoms with E-state index in [1.165, 1.54) is 31.8 Å². The molecule has 0 fully saturated rings. The van der Waals surface area contributed by atoms with Crippen molar-refractivity contribution in [3.63, 3.8) is 0 Å². The van der Waals surface area contributed by atoms with Crippen LogP contribution in [0.3, 0.4) is 0 Å². The van der Waals surface area contributed by atoms with Crippen LogP contribution in [0.1, 0.15) is 53.0 Å². The van der Waals surface area contributed by atoms with Gasteiger partial charge in [-0.15, -0.1) is 12.8 Å². The molecule has 0 atom stereocenters. The highest BCUT2D eigenvalue weighted by molar-refractivity contribution is 6.33. The first-order valence-corrected chi connectivity index (χ1v) is 13.4. The molecule has 0 saturated heterocycles. The summed E-state index contributed by atoms with van der Waals surface area (Å²) in [4.78, 5) is 26.8. The number of hydrogen-bond acceptors (Lipinski definition) is 4. The smallest absolute Gasteiger partial charge is 0.256 e. The number of rotatable bonds is 10. The molecule has 1 aliphatic heterocycles. The van der Waals surface area contributed by atoms with Crippen LogP contribution in [-0.2, 0) is 9.59 Å². The van der Waals surface area contributed by atoms with Gasteiger partial charge in [-0.1, -0.05) is 45.0 Å². The van der Waals surface area contributed by atoms with Gasteiger partial charge in [-0.3, -0.25) is 9.59 Å². The first-order chi connectivity index (χ1) is 18.8. The lowest BCUT2D eigenvalue weighted by Gasteiger charge is -2.13. The number of carbonyl (C=O) groups excluding carboxylic acids is 2. The van der Waals surface area contributed by atoms with Gasteiger partial charge in [-0.05, 0) is 80.9 Å². The number of hydrogen-bond donors (Lipinski definition) is 3. The van der Waals surface area contributed by atoms with E-state index in [2.05, 4.69) is 54.5 Å². The predicted octanol–water partition coefficient (Wildman–Crippen LogP) is 5.84. The first-order valence-electron chi connectivity index (χ1n) is 13.4. The largest absolute Gasteiger partial charge is 0.385 e. The highest BCUT2D eigenvalue weighted by Gasteiger charge is 2.27. The molecule has 0 bridgehead atoms. The Bertz CT molecular complexity index is 1170. The number of nitrogens with zero attached hydrogens (tertiary/aromatic N) is 1. The molecule has 0 unspecified atom stereocenters. The molecule has 3 N–H and O–H groups in total. The number of fused-ring (bicyclic) bond motifs is 1. The van der Waals surface area contributed by atoms with Gasteiger partial charge in [0.25, 0.3) is 5.91 Å². The lowest BCUT2D eigenvalue weighted by atomic mass is 9.94. The summed E-state index contributed by atoms with van der Waals surface area (Å²) in [7, 11) is 1.61. The van der Waals surface area contributed by atoms with Crippen LogP contribution in [0.25, 0.3) is 16.7 Å². The van der Waals surface area contributed by atoms with Crippen molar-refractivity contribution < 1.29 is 14.0 Å². The minimum atomic E-state index is -0.328. The highest BCUT2D eigenvalue weighted by atomic mass is 19.1. The molecule has 0 spiro atoms. The van der Waals surface area contributed by atoms with Gasteiger partial charge in [0.15, 0.2) is 0 Å². The van der Waals surface area contributed by atoms with E-state index in [9.17, 15) is 14.0 Å². The van der Waals surface area contributed by atoms with Gasteiger partial charge < -0.3 is 20.9 Å². The van der Waals surface area contributed by atoms with E-state index in [0.717, 1.165) is 22.4 Å². The van der Waals surface area contributed by atoms with Crippen LogP contribution in [0.15, 0.2) is 59.8 Å². The van der Waals surface area contributed by atoms with Gasteiger partial charge in [0, 0.05) is 37.0 Å². The molecule has 7 heteroatoms. The standard InChI is InChI=1S/C24H26FN3O2.C6H15N.C2H2/c1-4-27-21(15(2)11-12-22(29)26-3)14-19-23-18(16-7-5-8-17(25)13-16)9-6-10-20(23)28-24(19)30;1-4-7(5-2)6-3;1-2/h5-10,13-14,27H,4,11-12H2,1-3H3,(H,26,29)(H,28,30);4-6H2,1-3H3;1-2H/b19-14-,21-15-;;. The van der Waals surface area contributed by atoms with Crippen molar-refractivity contribution in [1.82, 2.24) is 15.5 Å². The monoisotopic (exact) mass is 534 g/mol. The van der Waals surface area contributed by atoms with Gasteiger partial charge in [0.2, 0.25) is 5.91 Å². The predicted molar refractivity (Wildman–Crippen MR) is 161 cm³/mol. The second kappa shape index (κ2) is 17.6. The number of likely N-dealkylation sites (N-methyl/N-ethyl adjacent to an activating group) is 1. The highest BCUT2D eigenvalue weighted by Crippen LogP contribution is 2.40. The van der Waals surface area contributed by atoms with Gasteiger partial charge >= 0.3 is 0 Å². The number of anilines is 1. The molecule has 6 nitrogen and oxygen atoms in total. The summed E-state index contributed by atoms with van der Waals surface area (Å²) in [5.74, 6) is -0.565.